The summed E-state index contributed by atoms with van der Waals surface area (Å²) in [5, 5.41) is 6.20. The van der Waals surface area contributed by atoms with E-state index in [1.54, 1.807) is 6.92 Å². The molecule has 2 saturated carbocycles. The van der Waals surface area contributed by atoms with Crippen molar-refractivity contribution in [3.8, 4) is 0 Å². The Labute approximate surface area is 134 Å². The fourth-order valence-electron chi connectivity index (χ4n) is 3.80. The molecule has 4 atom stereocenters. The number of hydrogen-bond donors (Lipinski definition) is 2. The van der Waals surface area contributed by atoms with E-state index in [0.29, 0.717) is 11.8 Å². The molecule has 4 nitrogen and oxygen atoms in total. The molecule has 2 aliphatic carbocycles. The van der Waals surface area contributed by atoms with Crippen LogP contribution in [0.4, 0.5) is 0 Å². The third-order valence-electron chi connectivity index (χ3n) is 5.66. The average molecular weight is 308 g/mol. The van der Waals surface area contributed by atoms with Gasteiger partial charge in [-0.25, -0.2) is 0 Å². The summed E-state index contributed by atoms with van der Waals surface area (Å²) in [5.41, 5.74) is 0. The first-order valence-corrected chi connectivity index (χ1v) is 9.09. The smallest absolute Gasteiger partial charge is 0.232 e. The molecule has 0 aromatic rings. The van der Waals surface area contributed by atoms with Gasteiger partial charge in [0.2, 0.25) is 11.8 Å². The van der Waals surface area contributed by atoms with Gasteiger partial charge in [0.1, 0.15) is 5.92 Å². The molecule has 2 rings (SSSR count). The van der Waals surface area contributed by atoms with Crippen LogP contribution in [0.15, 0.2) is 0 Å². The van der Waals surface area contributed by atoms with Gasteiger partial charge in [0.05, 0.1) is 0 Å². The summed E-state index contributed by atoms with van der Waals surface area (Å²) in [6, 6.07) is 0.482. The standard InChI is InChI=1S/C18H32N2O2/c1-12-8-4-6-10-15(12)19-17(21)14(3)18(22)20-16-11-7-5-9-13(16)2/h12-16H,4-11H2,1-3H3,(H,19,21)(H,20,22). The largest absolute Gasteiger partial charge is 0.352 e. The second kappa shape index (κ2) is 7.98. The average Bonchev–Trinajstić information content (AvgIpc) is 2.51. The third kappa shape index (κ3) is 4.47. The Bertz CT molecular complexity index is 361. The van der Waals surface area contributed by atoms with E-state index in [1.165, 1.54) is 38.5 Å². The van der Waals surface area contributed by atoms with E-state index in [9.17, 15) is 9.59 Å². The maximum absolute atomic E-state index is 12.3. The van der Waals surface area contributed by atoms with E-state index in [1.807, 2.05) is 0 Å². The van der Waals surface area contributed by atoms with Gasteiger partial charge in [0.25, 0.3) is 0 Å². The number of carbonyl (C=O) groups is 2. The predicted molar refractivity (Wildman–Crippen MR) is 88.3 cm³/mol. The van der Waals surface area contributed by atoms with Gasteiger partial charge in [0.15, 0.2) is 0 Å². The molecule has 126 valence electrons. The molecule has 0 spiro atoms. The summed E-state index contributed by atoms with van der Waals surface area (Å²) in [6.07, 6.45) is 9.29. The lowest BCUT2D eigenvalue weighted by Gasteiger charge is -2.32. The van der Waals surface area contributed by atoms with Crippen LogP contribution < -0.4 is 10.6 Å². The molecule has 0 aromatic heterocycles. The van der Waals surface area contributed by atoms with Crippen molar-refractivity contribution >= 4 is 11.8 Å². The zero-order chi connectivity index (χ0) is 16.1. The Morgan fingerprint density at radius 1 is 0.773 bits per heavy atom. The summed E-state index contributed by atoms with van der Waals surface area (Å²) < 4.78 is 0. The van der Waals surface area contributed by atoms with Crippen LogP contribution in [-0.2, 0) is 9.59 Å². The summed E-state index contributed by atoms with van der Waals surface area (Å²) in [7, 11) is 0. The van der Waals surface area contributed by atoms with E-state index >= 15 is 0 Å². The minimum atomic E-state index is -0.594. The molecule has 4 unspecified atom stereocenters. The van der Waals surface area contributed by atoms with Gasteiger partial charge in [-0.15, -0.1) is 0 Å². The maximum atomic E-state index is 12.3. The first-order valence-electron chi connectivity index (χ1n) is 9.09. The van der Waals surface area contributed by atoms with Gasteiger partial charge in [-0.3, -0.25) is 9.59 Å². The number of hydrogen-bond acceptors (Lipinski definition) is 2. The van der Waals surface area contributed by atoms with Crippen molar-refractivity contribution in [2.45, 2.75) is 84.2 Å². The van der Waals surface area contributed by atoms with Crippen LogP contribution in [0, 0.1) is 17.8 Å². The first kappa shape index (κ1) is 17.3. The van der Waals surface area contributed by atoms with Gasteiger partial charge >= 0.3 is 0 Å². The Morgan fingerprint density at radius 3 is 1.50 bits per heavy atom. The summed E-state index contributed by atoms with van der Waals surface area (Å²) >= 11 is 0. The highest BCUT2D eigenvalue weighted by Gasteiger charge is 2.30. The second-order valence-corrected chi connectivity index (χ2v) is 7.48. The molecule has 0 radical (unpaired) electrons. The molecule has 2 N–H and O–H groups in total. The Balaban J connectivity index is 1.82. The molecule has 0 aliphatic heterocycles. The quantitative estimate of drug-likeness (QED) is 0.784. The van der Waals surface area contributed by atoms with Gasteiger partial charge in [0, 0.05) is 12.1 Å². The minimum absolute atomic E-state index is 0.111. The van der Waals surface area contributed by atoms with E-state index in [-0.39, 0.29) is 23.9 Å². The lowest BCUT2D eigenvalue weighted by atomic mass is 9.85. The molecule has 0 bridgehead atoms. The molecule has 4 heteroatoms. The Hall–Kier alpha value is -1.06. The van der Waals surface area contributed by atoms with Crippen molar-refractivity contribution in [3.05, 3.63) is 0 Å². The minimum Gasteiger partial charge on any atom is -0.352 e. The topological polar surface area (TPSA) is 58.2 Å². The molecule has 22 heavy (non-hydrogen) atoms. The summed E-state index contributed by atoms with van der Waals surface area (Å²) in [6.45, 7) is 6.11. The molecule has 2 aliphatic rings. The van der Waals surface area contributed by atoms with Crippen molar-refractivity contribution in [1.82, 2.24) is 10.6 Å². The summed E-state index contributed by atoms with van der Waals surface area (Å²) in [5.74, 6) is 0.223. The molecule has 0 heterocycles. The van der Waals surface area contributed by atoms with Crippen molar-refractivity contribution < 1.29 is 9.59 Å². The van der Waals surface area contributed by atoms with Crippen LogP contribution in [0.5, 0.6) is 0 Å². The highest BCUT2D eigenvalue weighted by atomic mass is 16.2. The van der Waals surface area contributed by atoms with Crippen molar-refractivity contribution in [1.29, 1.82) is 0 Å². The van der Waals surface area contributed by atoms with Crippen LogP contribution in [0.2, 0.25) is 0 Å². The van der Waals surface area contributed by atoms with Crippen LogP contribution in [0.3, 0.4) is 0 Å². The van der Waals surface area contributed by atoms with Crippen LogP contribution in [0.1, 0.15) is 72.1 Å². The normalized spacial score (nSPS) is 33.8. The fourth-order valence-corrected chi connectivity index (χ4v) is 3.80. The van der Waals surface area contributed by atoms with Gasteiger partial charge < -0.3 is 10.6 Å². The number of carbonyl (C=O) groups excluding carboxylic acids is 2. The molecule has 2 fully saturated rings. The van der Waals surface area contributed by atoms with Gasteiger partial charge in [-0.1, -0.05) is 39.5 Å². The fraction of sp³-hybridized carbons (Fsp3) is 0.889. The maximum Gasteiger partial charge on any atom is 0.232 e. The molecule has 0 aromatic carbocycles. The monoisotopic (exact) mass is 308 g/mol. The SMILES string of the molecule is CC(C(=O)NC1CCCCC1C)C(=O)NC1CCCCC1C. The van der Waals surface area contributed by atoms with Crippen molar-refractivity contribution in [2.24, 2.45) is 17.8 Å². The van der Waals surface area contributed by atoms with Crippen molar-refractivity contribution in [2.75, 3.05) is 0 Å². The van der Waals surface area contributed by atoms with E-state index in [0.717, 1.165) is 12.8 Å². The highest BCUT2D eigenvalue weighted by Crippen LogP contribution is 2.25. The zero-order valence-electron chi connectivity index (χ0n) is 14.4. The molecule has 0 saturated heterocycles. The van der Waals surface area contributed by atoms with Crippen LogP contribution in [0.25, 0.3) is 0 Å². The van der Waals surface area contributed by atoms with Crippen molar-refractivity contribution in [3.63, 3.8) is 0 Å². The number of amides is 2. The van der Waals surface area contributed by atoms with Gasteiger partial charge in [-0.05, 0) is 44.4 Å². The summed E-state index contributed by atoms with van der Waals surface area (Å²) in [4.78, 5) is 24.7. The Kier molecular flexibility index (Phi) is 6.27. The zero-order valence-corrected chi connectivity index (χ0v) is 14.4. The molecular formula is C18H32N2O2. The number of nitrogens with one attached hydrogen (secondary N) is 2. The lowest BCUT2D eigenvalue weighted by Crippen LogP contribution is -2.49. The predicted octanol–water partition coefficient (Wildman–Crippen LogP) is 3.01. The number of rotatable bonds is 4. The van der Waals surface area contributed by atoms with Crippen LogP contribution >= 0.6 is 0 Å². The van der Waals surface area contributed by atoms with E-state index in [4.69, 9.17) is 0 Å². The van der Waals surface area contributed by atoms with E-state index < -0.39 is 5.92 Å². The second-order valence-electron chi connectivity index (χ2n) is 7.48. The molecule has 2 amide bonds. The first-order chi connectivity index (χ1) is 10.5. The lowest BCUT2D eigenvalue weighted by molar-refractivity contribution is -0.135. The van der Waals surface area contributed by atoms with E-state index in [2.05, 4.69) is 24.5 Å². The molecular weight excluding hydrogens is 276 g/mol. The van der Waals surface area contributed by atoms with Crippen LogP contribution in [-0.4, -0.2) is 23.9 Å². The Morgan fingerprint density at radius 2 is 1.14 bits per heavy atom. The third-order valence-corrected chi connectivity index (χ3v) is 5.66. The highest BCUT2D eigenvalue weighted by molar-refractivity contribution is 6.00. The van der Waals surface area contributed by atoms with Gasteiger partial charge in [-0.2, -0.15) is 0 Å².